The van der Waals surface area contributed by atoms with Gasteiger partial charge < -0.3 is 9.84 Å². The number of carboxylic acid groups (broad SMARTS) is 1. The van der Waals surface area contributed by atoms with Gasteiger partial charge in [-0.05, 0) is 37.8 Å². The second-order valence-corrected chi connectivity index (χ2v) is 7.80. The zero-order valence-corrected chi connectivity index (χ0v) is 14.1. The van der Waals surface area contributed by atoms with Crippen molar-refractivity contribution in [2.45, 2.75) is 45.4 Å². The first-order valence-electron chi connectivity index (χ1n) is 7.48. The van der Waals surface area contributed by atoms with Crippen molar-refractivity contribution < 1.29 is 19.4 Å². The lowest BCUT2D eigenvalue weighted by atomic mass is 9.97. The van der Waals surface area contributed by atoms with Gasteiger partial charge in [0, 0.05) is 16.0 Å². The molecular weight excluding hydrogens is 314 g/mol. The molecule has 2 aromatic rings. The molecule has 122 valence electrons. The van der Waals surface area contributed by atoms with E-state index in [9.17, 15) is 14.7 Å². The van der Waals surface area contributed by atoms with Crippen LogP contribution >= 0.6 is 11.3 Å². The average Bonchev–Trinajstić information content (AvgIpc) is 2.81. The number of hydrogen-bond acceptors (Lipinski definition) is 4. The molecule has 1 aliphatic heterocycles. The third-order valence-electron chi connectivity index (χ3n) is 3.78. The fourth-order valence-electron chi connectivity index (χ4n) is 2.80. The number of ether oxygens (including phenoxy) is 1. The predicted molar refractivity (Wildman–Crippen MR) is 88.7 cm³/mol. The summed E-state index contributed by atoms with van der Waals surface area (Å²) >= 11 is 1.61. The van der Waals surface area contributed by atoms with Crippen LogP contribution in [0.5, 0.6) is 0 Å². The van der Waals surface area contributed by atoms with Gasteiger partial charge in [0.05, 0.1) is 6.54 Å². The summed E-state index contributed by atoms with van der Waals surface area (Å²) in [5.41, 5.74) is 0.387. The summed E-state index contributed by atoms with van der Waals surface area (Å²) in [4.78, 5) is 26.4. The predicted octanol–water partition coefficient (Wildman–Crippen LogP) is 3.65. The molecule has 0 saturated heterocycles. The molecule has 1 aromatic carbocycles. The van der Waals surface area contributed by atoms with Crippen molar-refractivity contribution in [3.63, 3.8) is 0 Å². The zero-order chi connectivity index (χ0) is 16.8. The van der Waals surface area contributed by atoms with E-state index in [-0.39, 0.29) is 6.54 Å². The van der Waals surface area contributed by atoms with Crippen LogP contribution in [0.25, 0.3) is 10.1 Å². The van der Waals surface area contributed by atoms with E-state index in [1.807, 2.05) is 24.3 Å². The summed E-state index contributed by atoms with van der Waals surface area (Å²) in [6.07, 6.45) is -0.263. The first kappa shape index (κ1) is 15.8. The standard InChI is InChI=1S/C17H19NO4S/c1-17(2,3)22-16(21)18-9-14-11(8-12(18)15(19)20)10-6-4-5-7-13(10)23-14/h4-7,12H,8-9H2,1-3H3,(H,19,20)/t12-/m1/s1. The van der Waals surface area contributed by atoms with Gasteiger partial charge in [-0.2, -0.15) is 0 Å². The Morgan fingerprint density at radius 1 is 1.30 bits per heavy atom. The van der Waals surface area contributed by atoms with Gasteiger partial charge in [0.2, 0.25) is 0 Å². The molecule has 0 aliphatic carbocycles. The van der Waals surface area contributed by atoms with E-state index >= 15 is 0 Å². The van der Waals surface area contributed by atoms with Gasteiger partial charge in [-0.1, -0.05) is 18.2 Å². The van der Waals surface area contributed by atoms with Crippen LogP contribution in [0, 0.1) is 0 Å². The number of nitrogens with zero attached hydrogens (tertiary/aromatic N) is 1. The molecule has 1 amide bonds. The van der Waals surface area contributed by atoms with Crippen LogP contribution in [0.3, 0.4) is 0 Å². The van der Waals surface area contributed by atoms with Gasteiger partial charge in [0.25, 0.3) is 0 Å². The van der Waals surface area contributed by atoms with Crippen LogP contribution in [-0.4, -0.2) is 33.7 Å². The van der Waals surface area contributed by atoms with E-state index in [0.29, 0.717) is 6.42 Å². The van der Waals surface area contributed by atoms with Crippen molar-refractivity contribution in [2.24, 2.45) is 0 Å². The molecule has 0 fully saturated rings. The third kappa shape index (κ3) is 3.03. The van der Waals surface area contributed by atoms with Crippen LogP contribution in [0.15, 0.2) is 24.3 Å². The van der Waals surface area contributed by atoms with Gasteiger partial charge in [-0.3, -0.25) is 4.90 Å². The second kappa shape index (κ2) is 5.53. The molecule has 0 bridgehead atoms. The molecule has 0 spiro atoms. The molecule has 0 saturated carbocycles. The molecule has 0 unspecified atom stereocenters. The van der Waals surface area contributed by atoms with E-state index < -0.39 is 23.7 Å². The number of aliphatic carboxylic acids is 1. The third-order valence-corrected chi connectivity index (χ3v) is 4.98. The maximum atomic E-state index is 12.4. The highest BCUT2D eigenvalue weighted by atomic mass is 32.1. The molecule has 0 radical (unpaired) electrons. The minimum Gasteiger partial charge on any atom is -0.480 e. The molecular formula is C17H19NO4S. The SMILES string of the molecule is CC(C)(C)OC(=O)N1Cc2sc3ccccc3c2C[C@@H]1C(=O)O. The van der Waals surface area contributed by atoms with Crippen LogP contribution in [-0.2, 0) is 22.5 Å². The van der Waals surface area contributed by atoms with Crippen molar-refractivity contribution in [2.75, 3.05) is 0 Å². The highest BCUT2D eigenvalue weighted by Crippen LogP contribution is 2.37. The first-order valence-corrected chi connectivity index (χ1v) is 8.29. The van der Waals surface area contributed by atoms with E-state index in [2.05, 4.69) is 0 Å². The number of carbonyl (C=O) groups is 2. The van der Waals surface area contributed by atoms with Gasteiger partial charge in [0.1, 0.15) is 11.6 Å². The summed E-state index contributed by atoms with van der Waals surface area (Å²) in [6, 6.07) is 7.05. The van der Waals surface area contributed by atoms with Crippen molar-refractivity contribution in [3.05, 3.63) is 34.7 Å². The zero-order valence-electron chi connectivity index (χ0n) is 13.3. The molecule has 23 heavy (non-hydrogen) atoms. The number of fused-ring (bicyclic) bond motifs is 3. The Kier molecular flexibility index (Phi) is 3.80. The monoisotopic (exact) mass is 333 g/mol. The minimum absolute atomic E-state index is 0.278. The van der Waals surface area contributed by atoms with Crippen molar-refractivity contribution >= 4 is 33.5 Å². The smallest absolute Gasteiger partial charge is 0.411 e. The minimum atomic E-state index is -1.00. The number of rotatable bonds is 1. The maximum absolute atomic E-state index is 12.4. The van der Waals surface area contributed by atoms with E-state index in [1.165, 1.54) is 4.90 Å². The Hall–Kier alpha value is -2.08. The molecule has 1 aromatic heterocycles. The van der Waals surface area contributed by atoms with Gasteiger partial charge in [-0.15, -0.1) is 11.3 Å². The highest BCUT2D eigenvalue weighted by molar-refractivity contribution is 7.19. The van der Waals surface area contributed by atoms with Crippen LogP contribution in [0.1, 0.15) is 31.2 Å². The Morgan fingerprint density at radius 2 is 2.00 bits per heavy atom. The number of benzene rings is 1. The van der Waals surface area contributed by atoms with Crippen LogP contribution in [0.2, 0.25) is 0 Å². The fourth-order valence-corrected chi connectivity index (χ4v) is 4.04. The number of hydrogen-bond donors (Lipinski definition) is 1. The topological polar surface area (TPSA) is 66.8 Å². The summed E-state index contributed by atoms with van der Waals surface area (Å²) < 4.78 is 6.49. The molecule has 1 N–H and O–H groups in total. The van der Waals surface area contributed by atoms with Crippen molar-refractivity contribution in [3.8, 4) is 0 Å². The van der Waals surface area contributed by atoms with E-state index in [0.717, 1.165) is 20.5 Å². The van der Waals surface area contributed by atoms with Crippen LogP contribution in [0.4, 0.5) is 4.79 Å². The molecule has 2 heterocycles. The lowest BCUT2D eigenvalue weighted by Crippen LogP contribution is -2.49. The quantitative estimate of drug-likeness (QED) is 0.865. The summed E-state index contributed by atoms with van der Waals surface area (Å²) in [5.74, 6) is -1.00. The van der Waals surface area contributed by atoms with Crippen molar-refractivity contribution in [1.29, 1.82) is 0 Å². The van der Waals surface area contributed by atoms with Crippen LogP contribution < -0.4 is 0 Å². The lowest BCUT2D eigenvalue weighted by molar-refractivity contribution is -0.143. The van der Waals surface area contributed by atoms with Gasteiger partial charge in [-0.25, -0.2) is 9.59 Å². The fraction of sp³-hybridized carbons (Fsp3) is 0.412. The summed E-state index contributed by atoms with van der Waals surface area (Å²) in [6.45, 7) is 5.60. The Morgan fingerprint density at radius 3 is 2.65 bits per heavy atom. The summed E-state index contributed by atoms with van der Waals surface area (Å²) in [7, 11) is 0. The maximum Gasteiger partial charge on any atom is 0.411 e. The molecule has 1 aliphatic rings. The Balaban J connectivity index is 1.98. The van der Waals surface area contributed by atoms with E-state index in [1.54, 1.807) is 32.1 Å². The summed E-state index contributed by atoms with van der Waals surface area (Å²) in [5, 5.41) is 10.6. The number of carbonyl (C=O) groups excluding carboxylic acids is 1. The van der Waals surface area contributed by atoms with Gasteiger partial charge in [0.15, 0.2) is 0 Å². The number of amides is 1. The molecule has 5 nitrogen and oxygen atoms in total. The lowest BCUT2D eigenvalue weighted by Gasteiger charge is -2.34. The Labute approximate surface area is 138 Å². The van der Waals surface area contributed by atoms with Gasteiger partial charge >= 0.3 is 12.1 Å². The molecule has 6 heteroatoms. The average molecular weight is 333 g/mol. The highest BCUT2D eigenvalue weighted by Gasteiger charge is 2.38. The number of carboxylic acids is 1. The molecule has 3 rings (SSSR count). The van der Waals surface area contributed by atoms with E-state index in [4.69, 9.17) is 4.74 Å². The first-order chi connectivity index (χ1) is 10.8. The largest absolute Gasteiger partial charge is 0.480 e. The Bertz CT molecular complexity index is 774. The number of thiophene rings is 1. The second-order valence-electron chi connectivity index (χ2n) is 6.67. The normalized spacial score (nSPS) is 17.9. The molecule has 1 atom stereocenters. The van der Waals surface area contributed by atoms with Crippen molar-refractivity contribution in [1.82, 2.24) is 4.90 Å².